The average molecular weight is 439 g/mol. The van der Waals surface area contributed by atoms with Crippen LogP contribution >= 0.6 is 11.3 Å². The second-order valence-electron chi connectivity index (χ2n) is 6.13. The Labute approximate surface area is 183 Å². The first-order chi connectivity index (χ1) is 15.1. The first-order valence-corrected chi connectivity index (χ1v) is 10.2. The lowest BCUT2D eigenvalue weighted by molar-refractivity contribution is -0.138. The van der Waals surface area contributed by atoms with Crippen molar-refractivity contribution in [3.63, 3.8) is 0 Å². The number of carbonyl (C=O) groups is 2. The maximum Gasteiger partial charge on any atom is 0.331 e. The molecule has 1 aromatic heterocycles. The molecule has 0 bridgehead atoms. The fourth-order valence-electron chi connectivity index (χ4n) is 2.45. The zero-order valence-electron chi connectivity index (χ0n) is 17.0. The molecule has 1 heterocycles. The summed E-state index contributed by atoms with van der Waals surface area (Å²) in [5.74, 6) is 0.545. The Morgan fingerprint density at radius 3 is 2.42 bits per heavy atom. The molecule has 0 unspecified atom stereocenters. The van der Waals surface area contributed by atoms with Gasteiger partial charge in [-0.2, -0.15) is 0 Å². The lowest BCUT2D eigenvalue weighted by atomic mass is 10.2. The number of amides is 1. The fourth-order valence-corrected chi connectivity index (χ4v) is 3.10. The van der Waals surface area contributed by atoms with E-state index in [4.69, 9.17) is 14.2 Å². The maximum absolute atomic E-state index is 12.3. The van der Waals surface area contributed by atoms with Gasteiger partial charge in [-0.15, -0.1) is 10.2 Å². The summed E-state index contributed by atoms with van der Waals surface area (Å²) in [7, 11) is 1.57. The third kappa shape index (κ3) is 6.65. The van der Waals surface area contributed by atoms with Gasteiger partial charge in [-0.05, 0) is 55.0 Å². The Balaban J connectivity index is 1.48. The zero-order chi connectivity index (χ0) is 22.1. The third-order valence-corrected chi connectivity index (χ3v) is 4.85. The largest absolute Gasteiger partial charge is 0.497 e. The summed E-state index contributed by atoms with van der Waals surface area (Å²) in [4.78, 5) is 24.2. The topological polar surface area (TPSA) is 99.6 Å². The van der Waals surface area contributed by atoms with Crippen molar-refractivity contribution in [2.75, 3.05) is 19.0 Å². The van der Waals surface area contributed by atoms with Gasteiger partial charge in [0.1, 0.15) is 18.1 Å². The summed E-state index contributed by atoms with van der Waals surface area (Å²) in [5, 5.41) is 11.1. The minimum absolute atomic E-state index is 0.0695. The van der Waals surface area contributed by atoms with Gasteiger partial charge < -0.3 is 19.5 Å². The summed E-state index contributed by atoms with van der Waals surface area (Å²) in [6, 6.07) is 14.3. The summed E-state index contributed by atoms with van der Waals surface area (Å²) >= 11 is 1.06. The third-order valence-electron chi connectivity index (χ3n) is 3.95. The Bertz CT molecular complexity index is 1050. The van der Waals surface area contributed by atoms with Gasteiger partial charge in [-0.1, -0.05) is 23.5 Å². The van der Waals surface area contributed by atoms with E-state index in [2.05, 4.69) is 15.5 Å². The number of hydrogen-bond donors (Lipinski definition) is 1. The van der Waals surface area contributed by atoms with Crippen LogP contribution in [-0.4, -0.2) is 35.8 Å². The summed E-state index contributed by atoms with van der Waals surface area (Å²) in [6.07, 6.45) is 2.97. The van der Waals surface area contributed by atoms with E-state index in [1.54, 1.807) is 37.5 Å². The molecule has 0 aliphatic heterocycles. The Kier molecular flexibility index (Phi) is 7.72. The van der Waals surface area contributed by atoms with Gasteiger partial charge in [0.15, 0.2) is 5.01 Å². The first-order valence-electron chi connectivity index (χ1n) is 9.43. The molecule has 1 amide bonds. The molecule has 3 aromatic rings. The number of hydrogen-bond acceptors (Lipinski definition) is 8. The molecule has 160 valence electrons. The monoisotopic (exact) mass is 439 g/mol. The van der Waals surface area contributed by atoms with Crippen LogP contribution in [0.3, 0.4) is 0 Å². The number of aromatic nitrogens is 2. The van der Waals surface area contributed by atoms with Crippen LogP contribution < -0.4 is 14.8 Å². The van der Waals surface area contributed by atoms with Gasteiger partial charge in [-0.25, -0.2) is 4.79 Å². The highest BCUT2D eigenvalue weighted by Gasteiger charge is 2.14. The van der Waals surface area contributed by atoms with Crippen LogP contribution in [0.2, 0.25) is 0 Å². The van der Waals surface area contributed by atoms with Crippen molar-refractivity contribution in [2.24, 2.45) is 0 Å². The molecule has 31 heavy (non-hydrogen) atoms. The smallest absolute Gasteiger partial charge is 0.331 e. The molecule has 0 aliphatic rings. The number of anilines is 1. The molecule has 0 saturated carbocycles. The van der Waals surface area contributed by atoms with Crippen molar-refractivity contribution in [1.29, 1.82) is 0 Å². The number of rotatable bonds is 9. The van der Waals surface area contributed by atoms with Gasteiger partial charge in [0, 0.05) is 11.8 Å². The van der Waals surface area contributed by atoms with Crippen molar-refractivity contribution < 1.29 is 23.8 Å². The number of benzene rings is 2. The van der Waals surface area contributed by atoms with Crippen molar-refractivity contribution in [2.45, 2.75) is 13.5 Å². The van der Waals surface area contributed by atoms with E-state index in [0.29, 0.717) is 23.1 Å². The van der Waals surface area contributed by atoms with Crippen molar-refractivity contribution >= 4 is 35.0 Å². The number of nitrogens with one attached hydrogen (secondary N) is 1. The van der Waals surface area contributed by atoms with E-state index >= 15 is 0 Å². The molecule has 3 rings (SSSR count). The molecule has 9 heteroatoms. The summed E-state index contributed by atoms with van der Waals surface area (Å²) in [5.41, 5.74) is 1.45. The van der Waals surface area contributed by atoms with E-state index in [1.165, 1.54) is 6.08 Å². The normalized spacial score (nSPS) is 10.6. The average Bonchev–Trinajstić information content (AvgIpc) is 3.27. The highest BCUT2D eigenvalue weighted by Crippen LogP contribution is 2.18. The first kappa shape index (κ1) is 22.0. The Morgan fingerprint density at radius 2 is 1.74 bits per heavy atom. The van der Waals surface area contributed by atoms with Crippen molar-refractivity contribution in [3.05, 3.63) is 70.2 Å². The second-order valence-corrected chi connectivity index (χ2v) is 7.19. The van der Waals surface area contributed by atoms with Crippen LogP contribution in [0, 0.1) is 0 Å². The maximum atomic E-state index is 12.3. The molecular formula is C22H21N3O5S. The molecule has 0 saturated heterocycles. The molecule has 2 aromatic carbocycles. The lowest BCUT2D eigenvalue weighted by Crippen LogP contribution is -2.11. The molecule has 0 atom stereocenters. The fraction of sp³-hybridized carbons (Fsp3) is 0.182. The summed E-state index contributed by atoms with van der Waals surface area (Å²) < 4.78 is 15.6. The van der Waals surface area contributed by atoms with Crippen LogP contribution in [0.15, 0.2) is 54.6 Å². The van der Waals surface area contributed by atoms with E-state index in [-0.39, 0.29) is 11.6 Å². The van der Waals surface area contributed by atoms with Crippen LogP contribution in [0.5, 0.6) is 11.5 Å². The van der Waals surface area contributed by atoms with E-state index < -0.39 is 11.9 Å². The molecule has 8 nitrogen and oxygen atoms in total. The summed E-state index contributed by atoms with van der Waals surface area (Å²) in [6.45, 7) is 2.44. The molecule has 1 N–H and O–H groups in total. The molecule has 0 radical (unpaired) electrons. The minimum Gasteiger partial charge on any atom is -0.497 e. The highest BCUT2D eigenvalue weighted by molar-refractivity contribution is 7.13. The quantitative estimate of drug-likeness (QED) is 0.398. The lowest BCUT2D eigenvalue weighted by Gasteiger charge is -2.04. The van der Waals surface area contributed by atoms with Crippen LogP contribution in [0.4, 0.5) is 5.69 Å². The number of methoxy groups -OCH3 is 1. The predicted octanol–water partition coefficient (Wildman–Crippen LogP) is 3.95. The number of nitrogens with zero attached hydrogens (tertiary/aromatic N) is 2. The van der Waals surface area contributed by atoms with Crippen molar-refractivity contribution in [3.8, 4) is 11.5 Å². The number of ether oxygens (including phenoxy) is 3. The zero-order valence-corrected chi connectivity index (χ0v) is 17.8. The number of carbonyl (C=O) groups excluding carboxylic acids is 2. The standard InChI is InChI=1S/C22H21N3O5S/c1-3-29-18-9-4-15(5-10-18)6-13-20(26)30-14-19-24-25-22(31-19)21(27)23-16-7-11-17(28-2)12-8-16/h4-13H,3,14H2,1-2H3,(H,23,27)/b13-6+. The molecular weight excluding hydrogens is 418 g/mol. The van der Waals surface area contributed by atoms with Crippen LogP contribution in [0.1, 0.15) is 27.3 Å². The minimum atomic E-state index is -0.520. The van der Waals surface area contributed by atoms with Crippen LogP contribution in [0.25, 0.3) is 6.08 Å². The van der Waals surface area contributed by atoms with Gasteiger partial charge in [0.2, 0.25) is 5.01 Å². The van der Waals surface area contributed by atoms with Gasteiger partial charge in [0.25, 0.3) is 5.91 Å². The van der Waals surface area contributed by atoms with E-state index in [1.807, 2.05) is 31.2 Å². The van der Waals surface area contributed by atoms with Crippen molar-refractivity contribution in [1.82, 2.24) is 10.2 Å². The molecule has 0 aliphatic carbocycles. The highest BCUT2D eigenvalue weighted by atomic mass is 32.1. The van der Waals surface area contributed by atoms with Gasteiger partial charge in [-0.3, -0.25) is 4.79 Å². The number of esters is 1. The van der Waals surface area contributed by atoms with Crippen LogP contribution in [-0.2, 0) is 16.1 Å². The predicted molar refractivity (Wildman–Crippen MR) is 117 cm³/mol. The van der Waals surface area contributed by atoms with E-state index in [0.717, 1.165) is 22.6 Å². The van der Waals surface area contributed by atoms with E-state index in [9.17, 15) is 9.59 Å². The second kappa shape index (κ2) is 10.9. The Morgan fingerprint density at radius 1 is 1.03 bits per heavy atom. The van der Waals surface area contributed by atoms with Gasteiger partial charge in [0.05, 0.1) is 13.7 Å². The molecule has 0 fully saturated rings. The van der Waals surface area contributed by atoms with Gasteiger partial charge >= 0.3 is 5.97 Å². The molecule has 0 spiro atoms. The Hall–Kier alpha value is -3.72. The SMILES string of the molecule is CCOc1ccc(/C=C/C(=O)OCc2nnc(C(=O)Nc3ccc(OC)cc3)s2)cc1.